The van der Waals surface area contributed by atoms with Gasteiger partial charge < -0.3 is 4.52 Å². The first kappa shape index (κ1) is 9.14. The van der Waals surface area contributed by atoms with Crippen LogP contribution < -0.4 is 0 Å². The normalized spacial score (nSPS) is 8.90. The second kappa shape index (κ2) is 4.97. The van der Waals surface area contributed by atoms with Gasteiger partial charge in [-0.3, -0.25) is 0 Å². The topological polar surface area (TPSA) is 38.9 Å². The van der Waals surface area contributed by atoms with Crippen molar-refractivity contribution >= 4 is 0 Å². The molecule has 0 aromatic carbocycles. The molecule has 58 valence electrons. The smallest absolute Gasteiger partial charge is 0.228 e. The molecule has 0 atom stereocenters. The van der Waals surface area contributed by atoms with E-state index in [9.17, 15) is 0 Å². The summed E-state index contributed by atoms with van der Waals surface area (Å²) < 4.78 is 4.73. The predicted molar refractivity (Wildman–Crippen MR) is 39.7 cm³/mol. The van der Waals surface area contributed by atoms with Crippen LogP contribution in [0.25, 0.3) is 0 Å². The van der Waals surface area contributed by atoms with E-state index in [-0.39, 0.29) is 0 Å². The summed E-state index contributed by atoms with van der Waals surface area (Å²) in [5.41, 5.74) is 0. The Bertz CT molecular complexity index is 147. The van der Waals surface area contributed by atoms with Crippen LogP contribution in [0.15, 0.2) is 10.9 Å². The summed E-state index contributed by atoms with van der Waals surface area (Å²) in [4.78, 5) is 3.84. The lowest BCUT2D eigenvalue weighted by atomic mass is 10.2. The van der Waals surface area contributed by atoms with E-state index in [0.29, 0.717) is 11.8 Å². The summed E-state index contributed by atoms with van der Waals surface area (Å²) in [5.74, 6) is 1.04. The number of nitrogens with zero attached hydrogens (tertiary/aromatic N) is 2. The first-order chi connectivity index (χ1) is 4.80. The molecule has 1 aromatic heterocycles. The quantitative estimate of drug-likeness (QED) is 0.603. The summed E-state index contributed by atoms with van der Waals surface area (Å²) in [6, 6.07) is 0. The van der Waals surface area contributed by atoms with Gasteiger partial charge in [0.05, 0.1) is 0 Å². The summed E-state index contributed by atoms with van der Waals surface area (Å²) in [7, 11) is 0. The molecule has 1 heterocycles. The van der Waals surface area contributed by atoms with Gasteiger partial charge in [-0.05, 0) is 0 Å². The van der Waals surface area contributed by atoms with E-state index in [1.807, 2.05) is 27.7 Å². The molecule has 10 heavy (non-hydrogen) atoms. The molecule has 0 unspecified atom stereocenters. The van der Waals surface area contributed by atoms with Gasteiger partial charge in [0, 0.05) is 5.92 Å². The van der Waals surface area contributed by atoms with Gasteiger partial charge in [0.25, 0.3) is 0 Å². The zero-order valence-electron chi connectivity index (χ0n) is 6.96. The monoisotopic (exact) mass is 142 g/mol. The molecule has 0 saturated carbocycles. The highest BCUT2D eigenvalue weighted by Gasteiger charge is 2.01. The molecule has 3 nitrogen and oxygen atoms in total. The van der Waals surface area contributed by atoms with Gasteiger partial charge in [-0.2, -0.15) is 4.98 Å². The molecule has 1 rings (SSSR count). The number of rotatable bonds is 1. The van der Waals surface area contributed by atoms with E-state index in [0.717, 1.165) is 0 Å². The minimum atomic E-state index is 0.345. The van der Waals surface area contributed by atoms with Crippen LogP contribution in [-0.4, -0.2) is 10.1 Å². The molecule has 0 fully saturated rings. The third kappa shape index (κ3) is 2.62. The summed E-state index contributed by atoms with van der Waals surface area (Å²) in [6.07, 6.45) is 1.41. The van der Waals surface area contributed by atoms with Crippen LogP contribution in [0, 0.1) is 0 Å². The molecule has 3 heteroatoms. The van der Waals surface area contributed by atoms with Gasteiger partial charge in [0.2, 0.25) is 5.89 Å². The minimum absolute atomic E-state index is 0.345. The second-order valence-electron chi connectivity index (χ2n) is 1.93. The lowest BCUT2D eigenvalue weighted by molar-refractivity contribution is 0.364. The number of hydrogen-bond acceptors (Lipinski definition) is 3. The van der Waals surface area contributed by atoms with Crippen molar-refractivity contribution in [3.8, 4) is 0 Å². The third-order valence-corrected chi connectivity index (χ3v) is 0.872. The molecule has 0 amide bonds. The Morgan fingerprint density at radius 1 is 1.40 bits per heavy atom. The maximum Gasteiger partial charge on any atom is 0.228 e. The van der Waals surface area contributed by atoms with Crippen molar-refractivity contribution in [1.82, 2.24) is 10.1 Å². The summed E-state index contributed by atoms with van der Waals surface area (Å²) in [5, 5.41) is 3.46. The highest BCUT2D eigenvalue weighted by Crippen LogP contribution is 2.07. The standard InChI is InChI=1S/C5H8N2O.C2H6/c1-4(2)5-6-3-7-8-5;1-2/h3-4H,1-2H3;1-2H3. The zero-order valence-corrected chi connectivity index (χ0v) is 6.96. The average Bonchev–Trinajstić information content (AvgIpc) is 2.42. The Morgan fingerprint density at radius 3 is 2.20 bits per heavy atom. The highest BCUT2D eigenvalue weighted by molar-refractivity contribution is 4.81. The van der Waals surface area contributed by atoms with Crippen molar-refractivity contribution < 1.29 is 4.52 Å². The van der Waals surface area contributed by atoms with Gasteiger partial charge in [0.1, 0.15) is 0 Å². The molecule has 1 aromatic rings. The zero-order chi connectivity index (χ0) is 7.98. The van der Waals surface area contributed by atoms with E-state index in [1.165, 1.54) is 6.33 Å². The van der Waals surface area contributed by atoms with Gasteiger partial charge in [-0.15, -0.1) is 0 Å². The molecule has 0 aliphatic rings. The van der Waals surface area contributed by atoms with E-state index in [2.05, 4.69) is 10.1 Å². The first-order valence-corrected chi connectivity index (χ1v) is 3.57. The van der Waals surface area contributed by atoms with Crippen molar-refractivity contribution in [2.75, 3.05) is 0 Å². The molecule has 0 radical (unpaired) electrons. The van der Waals surface area contributed by atoms with Crippen molar-refractivity contribution in [3.63, 3.8) is 0 Å². The Labute approximate surface area is 61.4 Å². The second-order valence-corrected chi connectivity index (χ2v) is 1.93. The maximum absolute atomic E-state index is 4.73. The van der Waals surface area contributed by atoms with Crippen LogP contribution in [-0.2, 0) is 0 Å². The van der Waals surface area contributed by atoms with E-state index >= 15 is 0 Å². The van der Waals surface area contributed by atoms with Gasteiger partial charge in [0.15, 0.2) is 6.33 Å². The van der Waals surface area contributed by atoms with Crippen LogP contribution in [0.3, 0.4) is 0 Å². The summed E-state index contributed by atoms with van der Waals surface area (Å²) in [6.45, 7) is 8.01. The molecule has 0 saturated heterocycles. The SMILES string of the molecule is CC.CC(C)c1ncno1. The molecule has 0 aliphatic carbocycles. The molecular weight excluding hydrogens is 128 g/mol. The maximum atomic E-state index is 4.73. The molecule has 0 aliphatic heterocycles. The van der Waals surface area contributed by atoms with Gasteiger partial charge in [-0.1, -0.05) is 32.9 Å². The Kier molecular flexibility index (Phi) is 4.54. The van der Waals surface area contributed by atoms with Crippen LogP contribution >= 0.6 is 0 Å². The Balaban J connectivity index is 0.000000371. The van der Waals surface area contributed by atoms with Crippen molar-refractivity contribution in [2.45, 2.75) is 33.6 Å². The largest absolute Gasteiger partial charge is 0.339 e. The van der Waals surface area contributed by atoms with Crippen LogP contribution in [0.5, 0.6) is 0 Å². The fourth-order valence-electron chi connectivity index (χ4n) is 0.436. The van der Waals surface area contributed by atoms with Gasteiger partial charge >= 0.3 is 0 Å². The lowest BCUT2D eigenvalue weighted by Gasteiger charge is -1.90. The van der Waals surface area contributed by atoms with Crippen LogP contribution in [0.4, 0.5) is 0 Å². The van der Waals surface area contributed by atoms with Crippen molar-refractivity contribution in [1.29, 1.82) is 0 Å². The van der Waals surface area contributed by atoms with E-state index in [1.54, 1.807) is 0 Å². The molecular formula is C7H14N2O. The highest BCUT2D eigenvalue weighted by atomic mass is 16.5. The lowest BCUT2D eigenvalue weighted by Crippen LogP contribution is -1.84. The Hall–Kier alpha value is -0.860. The van der Waals surface area contributed by atoms with Gasteiger partial charge in [-0.25, -0.2) is 0 Å². The third-order valence-electron chi connectivity index (χ3n) is 0.872. The van der Waals surface area contributed by atoms with E-state index < -0.39 is 0 Å². The number of hydrogen-bond donors (Lipinski definition) is 0. The van der Waals surface area contributed by atoms with E-state index in [4.69, 9.17) is 4.52 Å². The first-order valence-electron chi connectivity index (χ1n) is 3.57. The molecule has 0 spiro atoms. The fourth-order valence-corrected chi connectivity index (χ4v) is 0.436. The van der Waals surface area contributed by atoms with Crippen LogP contribution in [0.1, 0.15) is 39.5 Å². The van der Waals surface area contributed by atoms with Crippen LogP contribution in [0.2, 0.25) is 0 Å². The summed E-state index contributed by atoms with van der Waals surface area (Å²) >= 11 is 0. The fraction of sp³-hybridized carbons (Fsp3) is 0.714. The minimum Gasteiger partial charge on any atom is -0.339 e. The average molecular weight is 142 g/mol. The van der Waals surface area contributed by atoms with Crippen molar-refractivity contribution in [2.24, 2.45) is 0 Å². The predicted octanol–water partition coefficient (Wildman–Crippen LogP) is 2.22. The van der Waals surface area contributed by atoms with Crippen molar-refractivity contribution in [3.05, 3.63) is 12.2 Å². The number of aromatic nitrogens is 2. The molecule has 0 N–H and O–H groups in total. The molecule has 0 bridgehead atoms. The Morgan fingerprint density at radius 2 is 2.00 bits per heavy atom.